The molecule has 98 valence electrons. The van der Waals surface area contributed by atoms with Crippen LogP contribution in [0.25, 0.3) is 0 Å². The molecule has 0 unspecified atom stereocenters. The van der Waals surface area contributed by atoms with Crippen LogP contribution < -0.4 is 0 Å². The molecule has 0 saturated carbocycles. The Hall–Kier alpha value is -1.35. The SMILES string of the molecule is CC(C)C(=O)c1ccoc1C(C)C.c1ccsc1. The van der Waals surface area contributed by atoms with Crippen LogP contribution in [-0.2, 0) is 0 Å². The minimum absolute atomic E-state index is 0.0371. The molecular weight excluding hydrogens is 244 g/mol. The molecule has 0 amide bonds. The van der Waals surface area contributed by atoms with Crippen molar-refractivity contribution in [2.24, 2.45) is 5.92 Å². The fourth-order valence-electron chi connectivity index (χ4n) is 1.51. The second-order valence-corrected chi connectivity index (χ2v) is 5.48. The lowest BCUT2D eigenvalue weighted by molar-refractivity contribution is 0.0937. The van der Waals surface area contributed by atoms with Crippen LogP contribution in [0.3, 0.4) is 0 Å². The van der Waals surface area contributed by atoms with Gasteiger partial charge in [-0.25, -0.2) is 0 Å². The van der Waals surface area contributed by atoms with Gasteiger partial charge in [0.15, 0.2) is 5.78 Å². The van der Waals surface area contributed by atoms with E-state index >= 15 is 0 Å². The Labute approximate surface area is 113 Å². The Morgan fingerprint density at radius 2 is 1.78 bits per heavy atom. The highest BCUT2D eigenvalue weighted by atomic mass is 32.1. The molecule has 0 aromatic carbocycles. The van der Waals surface area contributed by atoms with Gasteiger partial charge >= 0.3 is 0 Å². The van der Waals surface area contributed by atoms with Crippen LogP contribution in [0.15, 0.2) is 39.6 Å². The van der Waals surface area contributed by atoms with E-state index in [2.05, 4.69) is 0 Å². The number of Topliss-reactive ketones (excluding diaryl/α,β-unsaturated/α-hetero) is 1. The zero-order chi connectivity index (χ0) is 13.5. The Bertz CT molecular complexity index is 435. The fraction of sp³-hybridized carbons (Fsp3) is 0.400. The minimum Gasteiger partial charge on any atom is -0.468 e. The number of ketones is 1. The molecule has 2 aromatic rings. The second-order valence-electron chi connectivity index (χ2n) is 4.67. The molecule has 18 heavy (non-hydrogen) atoms. The summed E-state index contributed by atoms with van der Waals surface area (Å²) in [6.07, 6.45) is 1.59. The van der Waals surface area contributed by atoms with Crippen LogP contribution in [-0.4, -0.2) is 5.78 Å². The van der Waals surface area contributed by atoms with Crippen molar-refractivity contribution in [2.75, 3.05) is 0 Å². The average molecular weight is 264 g/mol. The largest absolute Gasteiger partial charge is 0.468 e. The second kappa shape index (κ2) is 7.17. The predicted molar refractivity (Wildman–Crippen MR) is 76.3 cm³/mol. The van der Waals surface area contributed by atoms with Gasteiger partial charge in [0.25, 0.3) is 0 Å². The van der Waals surface area contributed by atoms with Gasteiger partial charge in [0.1, 0.15) is 5.76 Å². The van der Waals surface area contributed by atoms with E-state index in [9.17, 15) is 4.79 Å². The summed E-state index contributed by atoms with van der Waals surface area (Å²) in [5.74, 6) is 1.28. The molecule has 0 aliphatic heterocycles. The van der Waals surface area contributed by atoms with Gasteiger partial charge in [-0.15, -0.1) is 0 Å². The number of hydrogen-bond acceptors (Lipinski definition) is 3. The third kappa shape index (κ3) is 4.15. The molecule has 2 aromatic heterocycles. The maximum atomic E-state index is 11.7. The van der Waals surface area contributed by atoms with E-state index in [1.165, 1.54) is 0 Å². The van der Waals surface area contributed by atoms with Crippen molar-refractivity contribution in [3.8, 4) is 0 Å². The van der Waals surface area contributed by atoms with Gasteiger partial charge in [-0.05, 0) is 16.8 Å². The molecular formula is C15H20O2S. The molecule has 3 heteroatoms. The molecule has 0 fully saturated rings. The number of thiophene rings is 1. The number of carbonyl (C=O) groups excluding carboxylic acids is 1. The number of hydrogen-bond donors (Lipinski definition) is 0. The normalized spacial score (nSPS) is 10.3. The van der Waals surface area contributed by atoms with Gasteiger partial charge in [0.2, 0.25) is 0 Å². The summed E-state index contributed by atoms with van der Waals surface area (Å²) in [5.41, 5.74) is 0.741. The summed E-state index contributed by atoms with van der Waals surface area (Å²) in [7, 11) is 0. The van der Waals surface area contributed by atoms with Gasteiger partial charge in [-0.3, -0.25) is 4.79 Å². The van der Waals surface area contributed by atoms with Crippen molar-refractivity contribution in [2.45, 2.75) is 33.6 Å². The molecule has 0 N–H and O–H groups in total. The summed E-state index contributed by atoms with van der Waals surface area (Å²) < 4.78 is 5.28. The van der Waals surface area contributed by atoms with E-state index in [1.807, 2.05) is 50.6 Å². The Kier molecular flexibility index (Phi) is 5.86. The molecule has 2 nitrogen and oxygen atoms in total. The topological polar surface area (TPSA) is 30.2 Å². The first-order valence-corrected chi connectivity index (χ1v) is 7.07. The molecule has 0 aliphatic carbocycles. The summed E-state index contributed by atoms with van der Waals surface area (Å²) >= 11 is 1.71. The molecule has 0 spiro atoms. The van der Waals surface area contributed by atoms with Crippen LogP contribution in [0.2, 0.25) is 0 Å². The van der Waals surface area contributed by atoms with Crippen LogP contribution in [0, 0.1) is 5.92 Å². The number of rotatable bonds is 3. The molecule has 0 radical (unpaired) electrons. The Morgan fingerprint density at radius 3 is 2.17 bits per heavy atom. The van der Waals surface area contributed by atoms with E-state index in [-0.39, 0.29) is 17.6 Å². The van der Waals surface area contributed by atoms with Gasteiger partial charge in [0.05, 0.1) is 11.8 Å². The molecule has 2 heterocycles. The minimum atomic E-state index is 0.0371. The van der Waals surface area contributed by atoms with Crippen LogP contribution in [0.1, 0.15) is 49.7 Å². The van der Waals surface area contributed by atoms with E-state index in [0.717, 1.165) is 11.3 Å². The Balaban J connectivity index is 0.000000269. The molecule has 0 atom stereocenters. The molecule has 0 bridgehead atoms. The summed E-state index contributed by atoms with van der Waals surface area (Å²) in [6.45, 7) is 7.85. The first kappa shape index (κ1) is 14.7. The van der Waals surface area contributed by atoms with E-state index < -0.39 is 0 Å². The zero-order valence-electron chi connectivity index (χ0n) is 11.3. The van der Waals surface area contributed by atoms with Crippen LogP contribution in [0.5, 0.6) is 0 Å². The van der Waals surface area contributed by atoms with Crippen molar-refractivity contribution in [1.29, 1.82) is 0 Å². The number of furan rings is 1. The van der Waals surface area contributed by atoms with E-state index in [1.54, 1.807) is 23.7 Å². The lowest BCUT2D eigenvalue weighted by atomic mass is 9.98. The summed E-state index contributed by atoms with van der Waals surface area (Å²) in [6, 6.07) is 5.80. The van der Waals surface area contributed by atoms with Crippen molar-refractivity contribution in [3.63, 3.8) is 0 Å². The first-order valence-electron chi connectivity index (χ1n) is 6.12. The lowest BCUT2D eigenvalue weighted by Crippen LogP contribution is -2.09. The van der Waals surface area contributed by atoms with E-state index in [0.29, 0.717) is 0 Å². The van der Waals surface area contributed by atoms with E-state index in [4.69, 9.17) is 4.42 Å². The van der Waals surface area contributed by atoms with Crippen molar-refractivity contribution in [3.05, 3.63) is 46.5 Å². The van der Waals surface area contributed by atoms with Crippen molar-refractivity contribution < 1.29 is 9.21 Å². The van der Waals surface area contributed by atoms with Crippen LogP contribution >= 0.6 is 11.3 Å². The molecule has 0 saturated heterocycles. The maximum Gasteiger partial charge on any atom is 0.168 e. The monoisotopic (exact) mass is 264 g/mol. The van der Waals surface area contributed by atoms with Gasteiger partial charge in [0, 0.05) is 11.8 Å². The third-order valence-electron chi connectivity index (χ3n) is 2.43. The molecule has 2 rings (SSSR count). The third-order valence-corrected chi connectivity index (χ3v) is 3.06. The zero-order valence-corrected chi connectivity index (χ0v) is 12.2. The highest BCUT2D eigenvalue weighted by Gasteiger charge is 2.18. The lowest BCUT2D eigenvalue weighted by Gasteiger charge is -2.06. The summed E-state index contributed by atoms with van der Waals surface area (Å²) in [4.78, 5) is 11.7. The van der Waals surface area contributed by atoms with Crippen LogP contribution in [0.4, 0.5) is 0 Å². The fourth-order valence-corrected chi connectivity index (χ4v) is 1.96. The maximum absolute atomic E-state index is 11.7. The highest BCUT2D eigenvalue weighted by Crippen LogP contribution is 2.22. The average Bonchev–Trinajstić information content (AvgIpc) is 3.01. The van der Waals surface area contributed by atoms with Gasteiger partial charge < -0.3 is 4.42 Å². The van der Waals surface area contributed by atoms with Crippen molar-refractivity contribution >= 4 is 17.1 Å². The quantitative estimate of drug-likeness (QED) is 0.731. The number of carbonyl (C=O) groups is 1. The van der Waals surface area contributed by atoms with Crippen molar-refractivity contribution in [1.82, 2.24) is 0 Å². The Morgan fingerprint density at radius 1 is 1.17 bits per heavy atom. The predicted octanol–water partition coefficient (Wildman–Crippen LogP) is 4.99. The molecule has 0 aliphatic rings. The highest BCUT2D eigenvalue weighted by molar-refractivity contribution is 7.07. The smallest absolute Gasteiger partial charge is 0.168 e. The van der Waals surface area contributed by atoms with Gasteiger partial charge in [-0.1, -0.05) is 39.8 Å². The first-order chi connectivity index (χ1) is 8.54. The standard InChI is InChI=1S/C11H16O2.C4H4S/c1-7(2)10(12)9-5-6-13-11(9)8(3)4;1-2-4-5-3-1/h5-8H,1-4H3;1-4H. The summed E-state index contributed by atoms with van der Waals surface area (Å²) in [5, 5.41) is 4.08. The van der Waals surface area contributed by atoms with Gasteiger partial charge in [-0.2, -0.15) is 11.3 Å².